The molecule has 0 aliphatic rings. The number of aromatic nitrogens is 2. The highest BCUT2D eigenvalue weighted by Gasteiger charge is 2.26. The van der Waals surface area contributed by atoms with Crippen molar-refractivity contribution >= 4 is 0 Å². The normalized spacial score (nSPS) is 14.3. The Hall–Kier alpha value is -1.68. The van der Waals surface area contributed by atoms with E-state index in [1.807, 2.05) is 20.0 Å². The maximum atomic E-state index is 13.7. The largest absolute Gasteiger partial charge is 0.385 e. The maximum absolute atomic E-state index is 13.7. The average Bonchev–Trinajstić information content (AvgIpc) is 2.73. The van der Waals surface area contributed by atoms with E-state index in [4.69, 9.17) is 0 Å². The summed E-state index contributed by atoms with van der Waals surface area (Å²) in [7, 11) is 1.86. The van der Waals surface area contributed by atoms with Crippen LogP contribution < -0.4 is 0 Å². The minimum Gasteiger partial charge on any atom is -0.385 e. The highest BCUT2D eigenvalue weighted by molar-refractivity contribution is 5.29. The molecule has 108 valence electrons. The highest BCUT2D eigenvalue weighted by Crippen LogP contribution is 2.27. The standard InChI is InChI=1S/C16H21FN2O/c1-5-13-9-14(19(4)18-13)10-16(3,20)12-7-6-11(2)15(17)8-12/h6-9,20H,5,10H2,1-4H3. The fourth-order valence-electron chi connectivity index (χ4n) is 2.29. The zero-order chi connectivity index (χ0) is 14.9. The quantitative estimate of drug-likeness (QED) is 0.932. The molecule has 20 heavy (non-hydrogen) atoms. The van der Waals surface area contributed by atoms with Crippen LogP contribution >= 0.6 is 0 Å². The monoisotopic (exact) mass is 276 g/mol. The maximum Gasteiger partial charge on any atom is 0.126 e. The van der Waals surface area contributed by atoms with Crippen LogP contribution in [0.15, 0.2) is 24.3 Å². The summed E-state index contributed by atoms with van der Waals surface area (Å²) in [4.78, 5) is 0. The first kappa shape index (κ1) is 14.7. The second kappa shape index (κ2) is 5.37. The van der Waals surface area contributed by atoms with Crippen molar-refractivity contribution in [3.63, 3.8) is 0 Å². The van der Waals surface area contributed by atoms with E-state index < -0.39 is 5.60 Å². The van der Waals surface area contributed by atoms with Gasteiger partial charge in [0.2, 0.25) is 0 Å². The van der Waals surface area contributed by atoms with E-state index in [0.29, 0.717) is 17.5 Å². The first-order valence-corrected chi connectivity index (χ1v) is 6.84. The van der Waals surface area contributed by atoms with Crippen LogP contribution in [0.3, 0.4) is 0 Å². The number of rotatable bonds is 4. The van der Waals surface area contributed by atoms with Gasteiger partial charge in [0.15, 0.2) is 0 Å². The molecule has 0 aliphatic heterocycles. The predicted molar refractivity (Wildman–Crippen MR) is 77.0 cm³/mol. The molecule has 2 rings (SSSR count). The van der Waals surface area contributed by atoms with E-state index in [0.717, 1.165) is 17.8 Å². The van der Waals surface area contributed by atoms with Gasteiger partial charge in [-0.15, -0.1) is 0 Å². The van der Waals surface area contributed by atoms with Crippen LogP contribution in [0.25, 0.3) is 0 Å². The first-order chi connectivity index (χ1) is 9.33. The lowest BCUT2D eigenvalue weighted by molar-refractivity contribution is 0.0552. The van der Waals surface area contributed by atoms with Crippen LogP contribution in [0.2, 0.25) is 0 Å². The van der Waals surface area contributed by atoms with Gasteiger partial charge < -0.3 is 5.11 Å². The van der Waals surface area contributed by atoms with Gasteiger partial charge in [0.25, 0.3) is 0 Å². The van der Waals surface area contributed by atoms with Gasteiger partial charge >= 0.3 is 0 Å². The summed E-state index contributed by atoms with van der Waals surface area (Å²) in [6, 6.07) is 6.86. The predicted octanol–water partition coefficient (Wildman–Crippen LogP) is 2.88. The number of aliphatic hydroxyl groups is 1. The number of hydrogen-bond acceptors (Lipinski definition) is 2. The fraction of sp³-hybridized carbons (Fsp3) is 0.438. The van der Waals surface area contributed by atoms with Crippen molar-refractivity contribution in [2.75, 3.05) is 0 Å². The molecule has 0 fully saturated rings. The van der Waals surface area contributed by atoms with Crippen molar-refractivity contribution in [2.24, 2.45) is 7.05 Å². The zero-order valence-corrected chi connectivity index (χ0v) is 12.4. The van der Waals surface area contributed by atoms with Gasteiger partial charge in [-0.05, 0) is 43.5 Å². The molecule has 0 amide bonds. The number of benzene rings is 1. The lowest BCUT2D eigenvalue weighted by Gasteiger charge is -2.24. The Labute approximate surface area is 119 Å². The van der Waals surface area contributed by atoms with E-state index in [-0.39, 0.29) is 5.82 Å². The SMILES string of the molecule is CCc1cc(CC(C)(O)c2ccc(C)c(F)c2)n(C)n1. The molecule has 3 nitrogen and oxygen atoms in total. The molecule has 1 unspecified atom stereocenters. The fourth-order valence-corrected chi connectivity index (χ4v) is 2.29. The van der Waals surface area contributed by atoms with Crippen molar-refractivity contribution in [2.45, 2.75) is 39.2 Å². The number of aryl methyl sites for hydroxylation is 3. The van der Waals surface area contributed by atoms with Crippen molar-refractivity contribution < 1.29 is 9.50 Å². The highest BCUT2D eigenvalue weighted by atomic mass is 19.1. The third-order valence-electron chi connectivity index (χ3n) is 3.71. The third-order valence-corrected chi connectivity index (χ3v) is 3.71. The first-order valence-electron chi connectivity index (χ1n) is 6.84. The van der Waals surface area contributed by atoms with E-state index in [9.17, 15) is 9.50 Å². The van der Waals surface area contributed by atoms with Crippen LogP contribution in [-0.2, 0) is 25.5 Å². The van der Waals surface area contributed by atoms with Crippen molar-refractivity contribution in [3.05, 3.63) is 52.6 Å². The van der Waals surface area contributed by atoms with Gasteiger partial charge in [-0.2, -0.15) is 5.10 Å². The summed E-state index contributed by atoms with van der Waals surface area (Å²) in [5.74, 6) is -0.290. The second-order valence-electron chi connectivity index (χ2n) is 5.52. The Bertz CT molecular complexity index is 617. The molecule has 1 heterocycles. The minimum atomic E-state index is -1.12. The summed E-state index contributed by atoms with van der Waals surface area (Å²) in [6.07, 6.45) is 1.26. The Morgan fingerprint density at radius 2 is 2.05 bits per heavy atom. The Morgan fingerprint density at radius 3 is 2.60 bits per heavy atom. The van der Waals surface area contributed by atoms with Crippen LogP contribution in [-0.4, -0.2) is 14.9 Å². The molecule has 4 heteroatoms. The van der Waals surface area contributed by atoms with Gasteiger partial charge in [-0.3, -0.25) is 4.68 Å². The molecular formula is C16H21FN2O. The number of hydrogen-bond donors (Lipinski definition) is 1. The molecule has 0 spiro atoms. The molecule has 1 aromatic carbocycles. The lowest BCUT2D eigenvalue weighted by atomic mass is 9.90. The van der Waals surface area contributed by atoms with Crippen LogP contribution in [0, 0.1) is 12.7 Å². The molecule has 0 radical (unpaired) electrons. The molecule has 0 saturated carbocycles. The van der Waals surface area contributed by atoms with Gasteiger partial charge in [-0.1, -0.05) is 19.1 Å². The molecule has 0 bridgehead atoms. The van der Waals surface area contributed by atoms with Crippen molar-refractivity contribution in [3.8, 4) is 0 Å². The average molecular weight is 276 g/mol. The van der Waals surface area contributed by atoms with Gasteiger partial charge in [0.05, 0.1) is 11.3 Å². The van der Waals surface area contributed by atoms with Crippen LogP contribution in [0.4, 0.5) is 4.39 Å². The molecule has 0 aliphatic carbocycles. The van der Waals surface area contributed by atoms with Gasteiger partial charge in [0.1, 0.15) is 5.82 Å². The third kappa shape index (κ3) is 2.90. The Kier molecular flexibility index (Phi) is 3.95. The van der Waals surface area contributed by atoms with E-state index in [1.54, 1.807) is 30.7 Å². The van der Waals surface area contributed by atoms with Crippen LogP contribution in [0.5, 0.6) is 0 Å². The molecule has 0 saturated heterocycles. The molecule has 2 aromatic rings. The molecule has 1 N–H and O–H groups in total. The minimum absolute atomic E-state index is 0.290. The van der Waals surface area contributed by atoms with E-state index in [1.165, 1.54) is 6.07 Å². The summed E-state index contributed by atoms with van der Waals surface area (Å²) >= 11 is 0. The Morgan fingerprint density at radius 1 is 1.35 bits per heavy atom. The van der Waals surface area contributed by atoms with Crippen molar-refractivity contribution in [1.29, 1.82) is 0 Å². The molecule has 1 aromatic heterocycles. The topological polar surface area (TPSA) is 38.0 Å². The van der Waals surface area contributed by atoms with Crippen molar-refractivity contribution in [1.82, 2.24) is 9.78 Å². The Balaban J connectivity index is 2.29. The van der Waals surface area contributed by atoms with E-state index in [2.05, 4.69) is 5.10 Å². The summed E-state index contributed by atoms with van der Waals surface area (Å²) in [6.45, 7) is 5.46. The lowest BCUT2D eigenvalue weighted by Crippen LogP contribution is -2.25. The number of nitrogens with zero attached hydrogens (tertiary/aromatic N) is 2. The van der Waals surface area contributed by atoms with Gasteiger partial charge in [0, 0.05) is 19.2 Å². The molecule has 1 atom stereocenters. The smallest absolute Gasteiger partial charge is 0.126 e. The van der Waals surface area contributed by atoms with Crippen LogP contribution in [0.1, 0.15) is 36.4 Å². The summed E-state index contributed by atoms with van der Waals surface area (Å²) < 4.78 is 15.4. The van der Waals surface area contributed by atoms with E-state index >= 15 is 0 Å². The molecular weight excluding hydrogens is 255 g/mol. The second-order valence-corrected chi connectivity index (χ2v) is 5.52. The van der Waals surface area contributed by atoms with Gasteiger partial charge in [-0.25, -0.2) is 4.39 Å². The summed E-state index contributed by atoms with van der Waals surface area (Å²) in [5.41, 5.74) is 1.98. The zero-order valence-electron chi connectivity index (χ0n) is 12.4. The summed E-state index contributed by atoms with van der Waals surface area (Å²) in [5, 5.41) is 15.0. The number of halogens is 1.